The predicted octanol–water partition coefficient (Wildman–Crippen LogP) is -0.875. The van der Waals surface area contributed by atoms with Crippen LogP contribution in [0.1, 0.15) is 0 Å². The molecule has 1 saturated carbocycles. The van der Waals surface area contributed by atoms with E-state index in [0.717, 1.165) is 0 Å². The molecule has 0 bridgehead atoms. The number of carboxylic acid groups (broad SMARTS) is 1. The van der Waals surface area contributed by atoms with Crippen molar-refractivity contribution >= 4 is 11.9 Å². The lowest BCUT2D eigenvalue weighted by atomic mass is 10.3. The van der Waals surface area contributed by atoms with Gasteiger partial charge in [0.15, 0.2) is 0 Å². The van der Waals surface area contributed by atoms with Gasteiger partial charge in [0.2, 0.25) is 5.91 Å². The fourth-order valence-corrected chi connectivity index (χ4v) is 1.96. The van der Waals surface area contributed by atoms with Gasteiger partial charge in [0, 0.05) is 5.92 Å². The van der Waals surface area contributed by atoms with E-state index in [4.69, 9.17) is 10.8 Å². The van der Waals surface area contributed by atoms with Crippen LogP contribution in [0.3, 0.4) is 0 Å². The number of primary amides is 1. The zero-order chi connectivity index (χ0) is 11.1. The first kappa shape index (κ1) is 11.0. The van der Waals surface area contributed by atoms with Gasteiger partial charge in [0.1, 0.15) is 0 Å². The maximum Gasteiger partial charge on any atom is 0.307 e. The Bertz CT molecular complexity index is 250. The van der Waals surface area contributed by atoms with E-state index in [1.807, 2.05) is 21.1 Å². The third kappa shape index (κ3) is 2.23. The molecule has 0 aromatic rings. The van der Waals surface area contributed by atoms with E-state index in [1.165, 1.54) is 0 Å². The van der Waals surface area contributed by atoms with Crippen LogP contribution in [0.4, 0.5) is 0 Å². The minimum absolute atomic E-state index is 0.0926. The molecule has 1 aliphatic rings. The number of carbonyl (C=O) groups is 2. The van der Waals surface area contributed by atoms with Crippen LogP contribution in [-0.4, -0.2) is 49.2 Å². The van der Waals surface area contributed by atoms with Gasteiger partial charge in [-0.25, -0.2) is 0 Å². The third-order valence-corrected chi connectivity index (χ3v) is 2.54. The molecule has 0 aromatic heterocycles. The van der Waals surface area contributed by atoms with Crippen molar-refractivity contribution in [3.63, 3.8) is 0 Å². The van der Waals surface area contributed by atoms with Gasteiger partial charge in [-0.05, 0) is 0 Å². The maximum atomic E-state index is 10.9. The number of carboxylic acids is 1. The van der Waals surface area contributed by atoms with E-state index in [1.54, 1.807) is 0 Å². The number of hydrogen-bond donors (Lipinski definition) is 2. The molecule has 3 atom stereocenters. The van der Waals surface area contributed by atoms with Gasteiger partial charge < -0.3 is 15.3 Å². The van der Waals surface area contributed by atoms with E-state index in [9.17, 15) is 9.59 Å². The molecule has 0 aromatic carbocycles. The first-order valence-corrected chi connectivity index (χ1v) is 4.56. The molecule has 0 radical (unpaired) electrons. The van der Waals surface area contributed by atoms with E-state index >= 15 is 0 Å². The van der Waals surface area contributed by atoms with Crippen molar-refractivity contribution in [3.8, 4) is 0 Å². The average Bonchev–Trinajstić information content (AvgIpc) is 2.57. The highest BCUT2D eigenvalue weighted by Crippen LogP contribution is 2.47. The monoisotopic (exact) mass is 201 g/mol. The van der Waals surface area contributed by atoms with Crippen molar-refractivity contribution in [1.82, 2.24) is 0 Å². The van der Waals surface area contributed by atoms with E-state index in [2.05, 4.69) is 0 Å². The molecule has 0 saturated heterocycles. The minimum atomic E-state index is -0.910. The Balaban J connectivity index is 2.64. The number of amides is 1. The Kier molecular flexibility index (Phi) is 2.54. The Morgan fingerprint density at radius 3 is 2.00 bits per heavy atom. The number of quaternary nitrogens is 1. The van der Waals surface area contributed by atoms with Gasteiger partial charge >= 0.3 is 5.97 Å². The highest BCUT2D eigenvalue weighted by atomic mass is 16.4. The average molecular weight is 201 g/mol. The largest absolute Gasteiger partial charge is 0.481 e. The smallest absolute Gasteiger partial charge is 0.307 e. The number of rotatable bonds is 4. The zero-order valence-corrected chi connectivity index (χ0v) is 8.73. The standard InChI is InChI=1S/C9H16N2O3/c1-11(2,3)4-5-6(8(10)12)7(5)9(13)14/h5-7H,4H2,1-3H3,(H2-,10,12,13,14)/p+1. The second-order valence-electron chi connectivity index (χ2n) is 4.93. The molecule has 1 fully saturated rings. The number of hydrogen-bond acceptors (Lipinski definition) is 2. The number of nitrogens with two attached hydrogens (primary N) is 1. The predicted molar refractivity (Wildman–Crippen MR) is 50.2 cm³/mol. The molecule has 5 nitrogen and oxygen atoms in total. The van der Waals surface area contributed by atoms with Crippen LogP contribution in [0.2, 0.25) is 0 Å². The molecule has 0 spiro atoms. The van der Waals surface area contributed by atoms with Crippen molar-refractivity contribution in [3.05, 3.63) is 0 Å². The molecule has 0 heterocycles. The molecular formula is C9H17N2O3+. The first-order chi connectivity index (χ1) is 6.24. The highest BCUT2D eigenvalue weighted by molar-refractivity contribution is 5.89. The lowest BCUT2D eigenvalue weighted by Gasteiger charge is -2.23. The SMILES string of the molecule is C[N+](C)(C)CC1C(C(N)=O)C1C(=O)O. The molecule has 3 unspecified atom stereocenters. The molecule has 0 aliphatic heterocycles. The normalized spacial score (nSPS) is 31.2. The number of carbonyl (C=O) groups excluding carboxylic acids is 1. The van der Waals surface area contributed by atoms with Crippen LogP contribution >= 0.6 is 0 Å². The number of nitrogens with zero attached hydrogens (tertiary/aromatic N) is 1. The molecule has 3 N–H and O–H groups in total. The summed E-state index contributed by atoms with van der Waals surface area (Å²) >= 11 is 0. The van der Waals surface area contributed by atoms with Gasteiger partial charge in [-0.1, -0.05) is 0 Å². The maximum absolute atomic E-state index is 10.9. The van der Waals surface area contributed by atoms with Crippen LogP contribution in [-0.2, 0) is 9.59 Å². The van der Waals surface area contributed by atoms with Crippen molar-refractivity contribution in [2.45, 2.75) is 0 Å². The van der Waals surface area contributed by atoms with Crippen molar-refractivity contribution in [1.29, 1.82) is 0 Å². The topological polar surface area (TPSA) is 80.4 Å². The first-order valence-electron chi connectivity index (χ1n) is 4.56. The van der Waals surface area contributed by atoms with Crippen molar-refractivity contribution < 1.29 is 19.2 Å². The van der Waals surface area contributed by atoms with Gasteiger partial charge in [-0.15, -0.1) is 0 Å². The fourth-order valence-electron chi connectivity index (χ4n) is 1.96. The molecule has 1 amide bonds. The second kappa shape index (κ2) is 3.24. The van der Waals surface area contributed by atoms with Gasteiger partial charge in [0.25, 0.3) is 0 Å². The summed E-state index contributed by atoms with van der Waals surface area (Å²) < 4.78 is 0.651. The van der Waals surface area contributed by atoms with Gasteiger partial charge in [-0.2, -0.15) is 0 Å². The van der Waals surface area contributed by atoms with Crippen LogP contribution in [0.5, 0.6) is 0 Å². The Hall–Kier alpha value is -1.10. The van der Waals surface area contributed by atoms with Crippen molar-refractivity contribution in [2.75, 3.05) is 27.7 Å². The zero-order valence-electron chi connectivity index (χ0n) is 8.73. The lowest BCUT2D eigenvalue weighted by Crippen LogP contribution is -2.37. The van der Waals surface area contributed by atoms with Crippen LogP contribution in [0, 0.1) is 17.8 Å². The van der Waals surface area contributed by atoms with Gasteiger partial charge in [0.05, 0.1) is 39.5 Å². The third-order valence-electron chi connectivity index (χ3n) is 2.54. The lowest BCUT2D eigenvalue weighted by molar-refractivity contribution is -0.872. The molecular weight excluding hydrogens is 184 g/mol. The summed E-state index contributed by atoms with van der Waals surface area (Å²) in [5, 5.41) is 8.83. The summed E-state index contributed by atoms with van der Waals surface area (Å²) in [6.07, 6.45) is 0. The summed E-state index contributed by atoms with van der Waals surface area (Å²) in [6, 6.07) is 0. The van der Waals surface area contributed by atoms with E-state index in [-0.39, 0.29) is 5.92 Å². The second-order valence-corrected chi connectivity index (χ2v) is 4.93. The summed E-state index contributed by atoms with van der Waals surface area (Å²) in [5.74, 6) is -2.53. The van der Waals surface area contributed by atoms with Crippen LogP contribution in [0.25, 0.3) is 0 Å². The van der Waals surface area contributed by atoms with Crippen LogP contribution in [0.15, 0.2) is 0 Å². The van der Waals surface area contributed by atoms with Gasteiger partial charge in [-0.3, -0.25) is 9.59 Å². The Morgan fingerprint density at radius 1 is 1.29 bits per heavy atom. The molecule has 1 aliphatic carbocycles. The Morgan fingerprint density at radius 2 is 1.79 bits per heavy atom. The van der Waals surface area contributed by atoms with Crippen LogP contribution < -0.4 is 5.73 Å². The summed E-state index contributed by atoms with van der Waals surface area (Å²) in [4.78, 5) is 21.7. The van der Waals surface area contributed by atoms with E-state index in [0.29, 0.717) is 11.0 Å². The molecule has 14 heavy (non-hydrogen) atoms. The minimum Gasteiger partial charge on any atom is -0.481 e. The Labute approximate surface area is 83.1 Å². The molecule has 5 heteroatoms. The molecule has 1 rings (SSSR count). The summed E-state index contributed by atoms with van der Waals surface area (Å²) in [5.41, 5.74) is 5.13. The quantitative estimate of drug-likeness (QED) is 0.580. The summed E-state index contributed by atoms with van der Waals surface area (Å²) in [6.45, 7) is 0.671. The van der Waals surface area contributed by atoms with Crippen molar-refractivity contribution in [2.24, 2.45) is 23.5 Å². The fraction of sp³-hybridized carbons (Fsp3) is 0.778. The number of aliphatic carboxylic acids is 1. The summed E-state index contributed by atoms with van der Waals surface area (Å²) in [7, 11) is 5.90. The highest BCUT2D eigenvalue weighted by Gasteiger charge is 2.60. The van der Waals surface area contributed by atoms with E-state index < -0.39 is 23.7 Å². The molecule has 80 valence electrons.